The van der Waals surface area contributed by atoms with Gasteiger partial charge in [-0.3, -0.25) is 0 Å². The minimum atomic E-state index is -1.56. The SMILES string of the molecule is CCCCCCCCC1(CCCCCCCC)c2cc(B(O)O)ccc2-c2c1cc(B(O)O)c1ccccc21. The van der Waals surface area contributed by atoms with Crippen molar-refractivity contribution in [3.8, 4) is 11.1 Å². The van der Waals surface area contributed by atoms with E-state index in [2.05, 4.69) is 26.0 Å². The Labute approximate surface area is 235 Å². The van der Waals surface area contributed by atoms with Crippen molar-refractivity contribution in [3.63, 3.8) is 0 Å². The Morgan fingerprint density at radius 1 is 0.590 bits per heavy atom. The number of benzene rings is 3. The summed E-state index contributed by atoms with van der Waals surface area (Å²) in [7, 11) is -3.08. The van der Waals surface area contributed by atoms with Crippen LogP contribution in [0, 0.1) is 0 Å². The Hall–Kier alpha value is -2.11. The molecule has 1 aliphatic carbocycles. The van der Waals surface area contributed by atoms with E-state index in [1.807, 2.05) is 36.4 Å². The molecule has 0 aromatic heterocycles. The minimum Gasteiger partial charge on any atom is -0.423 e. The number of fused-ring (bicyclic) bond motifs is 5. The van der Waals surface area contributed by atoms with Crippen LogP contribution in [0.3, 0.4) is 0 Å². The van der Waals surface area contributed by atoms with E-state index in [1.165, 1.54) is 80.9 Å². The van der Waals surface area contributed by atoms with E-state index >= 15 is 0 Å². The van der Waals surface area contributed by atoms with E-state index in [0.29, 0.717) is 10.9 Å². The van der Waals surface area contributed by atoms with Gasteiger partial charge in [0.2, 0.25) is 0 Å². The number of rotatable bonds is 16. The molecule has 4 nitrogen and oxygen atoms in total. The normalized spacial score (nSPS) is 13.5. The fourth-order valence-corrected chi connectivity index (χ4v) is 6.84. The van der Waals surface area contributed by atoms with Crippen LogP contribution in [0.15, 0.2) is 48.5 Å². The molecular weight excluding hydrogens is 482 g/mol. The highest BCUT2D eigenvalue weighted by Gasteiger charge is 2.44. The van der Waals surface area contributed by atoms with E-state index in [1.54, 1.807) is 0 Å². The molecule has 1 aliphatic rings. The third kappa shape index (κ3) is 6.46. The summed E-state index contributed by atoms with van der Waals surface area (Å²) in [5.74, 6) is 0. The fraction of sp³-hybridized carbons (Fsp3) is 0.515. The summed E-state index contributed by atoms with van der Waals surface area (Å²) in [4.78, 5) is 0. The Morgan fingerprint density at radius 2 is 1.15 bits per heavy atom. The second-order valence-corrected chi connectivity index (χ2v) is 11.6. The van der Waals surface area contributed by atoms with Gasteiger partial charge in [-0.1, -0.05) is 139 Å². The minimum absolute atomic E-state index is 0.293. The van der Waals surface area contributed by atoms with Gasteiger partial charge in [0.1, 0.15) is 0 Å². The van der Waals surface area contributed by atoms with Gasteiger partial charge >= 0.3 is 14.2 Å². The van der Waals surface area contributed by atoms with E-state index in [0.717, 1.165) is 42.0 Å². The van der Waals surface area contributed by atoms with Crippen LogP contribution in [0.1, 0.15) is 115 Å². The van der Waals surface area contributed by atoms with Crippen LogP contribution in [0.4, 0.5) is 0 Å². The topological polar surface area (TPSA) is 80.9 Å². The van der Waals surface area contributed by atoms with Crippen molar-refractivity contribution >= 4 is 35.9 Å². The van der Waals surface area contributed by atoms with Gasteiger partial charge < -0.3 is 20.1 Å². The van der Waals surface area contributed by atoms with Crippen molar-refractivity contribution in [3.05, 3.63) is 59.7 Å². The van der Waals surface area contributed by atoms with Crippen molar-refractivity contribution in [2.45, 2.75) is 109 Å². The van der Waals surface area contributed by atoms with Crippen LogP contribution in [-0.2, 0) is 5.41 Å². The lowest BCUT2D eigenvalue weighted by Crippen LogP contribution is -2.34. The molecule has 208 valence electrons. The van der Waals surface area contributed by atoms with Gasteiger partial charge in [-0.05, 0) is 56.8 Å². The Morgan fingerprint density at radius 3 is 1.72 bits per heavy atom. The van der Waals surface area contributed by atoms with E-state index < -0.39 is 14.2 Å². The lowest BCUT2D eigenvalue weighted by molar-refractivity contribution is 0.397. The molecule has 0 aliphatic heterocycles. The van der Waals surface area contributed by atoms with Crippen LogP contribution in [-0.4, -0.2) is 34.3 Å². The predicted molar refractivity (Wildman–Crippen MR) is 166 cm³/mol. The molecule has 4 rings (SSSR count). The molecule has 39 heavy (non-hydrogen) atoms. The van der Waals surface area contributed by atoms with Crippen LogP contribution in [0.5, 0.6) is 0 Å². The second kappa shape index (κ2) is 14.0. The monoisotopic (exact) mass is 528 g/mol. The van der Waals surface area contributed by atoms with Crippen LogP contribution in [0.2, 0.25) is 0 Å². The summed E-state index contributed by atoms with van der Waals surface area (Å²) in [6.07, 6.45) is 16.5. The van der Waals surface area contributed by atoms with Crippen molar-refractivity contribution in [1.29, 1.82) is 0 Å². The lowest BCUT2D eigenvalue weighted by Gasteiger charge is -2.34. The number of unbranched alkanes of at least 4 members (excludes halogenated alkanes) is 10. The Kier molecular flexibility index (Phi) is 10.7. The molecular formula is C33H46B2O4. The van der Waals surface area contributed by atoms with Crippen LogP contribution in [0.25, 0.3) is 21.9 Å². The van der Waals surface area contributed by atoms with Gasteiger partial charge in [0.15, 0.2) is 0 Å². The third-order valence-corrected chi connectivity index (χ3v) is 8.91. The quantitative estimate of drug-likeness (QED) is 0.137. The summed E-state index contributed by atoms with van der Waals surface area (Å²) in [5.41, 5.74) is 5.42. The first-order valence-corrected chi connectivity index (χ1v) is 15.4. The molecule has 0 saturated heterocycles. The van der Waals surface area contributed by atoms with E-state index in [9.17, 15) is 20.1 Å². The van der Waals surface area contributed by atoms with Crippen molar-refractivity contribution in [1.82, 2.24) is 0 Å². The smallest absolute Gasteiger partial charge is 0.423 e. The van der Waals surface area contributed by atoms with Gasteiger partial charge in [0.25, 0.3) is 0 Å². The molecule has 4 N–H and O–H groups in total. The van der Waals surface area contributed by atoms with Gasteiger partial charge in [-0.2, -0.15) is 0 Å². The number of hydrogen-bond acceptors (Lipinski definition) is 4. The number of hydrogen-bond donors (Lipinski definition) is 4. The molecule has 0 fully saturated rings. The first kappa shape index (κ1) is 29.9. The zero-order chi connectivity index (χ0) is 27.8. The molecule has 0 radical (unpaired) electrons. The van der Waals surface area contributed by atoms with Gasteiger partial charge in [0, 0.05) is 5.41 Å². The maximum atomic E-state index is 10.4. The van der Waals surface area contributed by atoms with Crippen molar-refractivity contribution in [2.75, 3.05) is 0 Å². The highest BCUT2D eigenvalue weighted by Crippen LogP contribution is 2.55. The van der Waals surface area contributed by atoms with Crippen molar-refractivity contribution < 1.29 is 20.1 Å². The zero-order valence-electron chi connectivity index (χ0n) is 24.0. The summed E-state index contributed by atoms with van der Waals surface area (Å²) in [5, 5.41) is 43.0. The maximum Gasteiger partial charge on any atom is 0.489 e. The maximum absolute atomic E-state index is 10.4. The molecule has 0 spiro atoms. The highest BCUT2D eigenvalue weighted by atomic mass is 16.4. The second-order valence-electron chi connectivity index (χ2n) is 11.6. The summed E-state index contributed by atoms with van der Waals surface area (Å²) in [6.45, 7) is 4.49. The Balaban J connectivity index is 1.83. The standard InChI is InChI=1S/C33H46B2O4/c1-3-5-7-9-11-15-21-33(22-16-12-10-8-6-4-2)29-23-25(34(36)37)19-20-28(29)32-27-18-14-13-17-26(27)31(35(38)39)24-30(32)33/h13-14,17-20,23-24,36-39H,3-12,15-16,21-22H2,1-2H3. The summed E-state index contributed by atoms with van der Waals surface area (Å²) < 4.78 is 0. The first-order valence-electron chi connectivity index (χ1n) is 15.4. The van der Waals surface area contributed by atoms with Gasteiger partial charge in [0.05, 0.1) is 0 Å². The molecule has 3 aromatic rings. The van der Waals surface area contributed by atoms with Crippen LogP contribution >= 0.6 is 0 Å². The first-order chi connectivity index (χ1) is 18.9. The van der Waals surface area contributed by atoms with Crippen molar-refractivity contribution in [2.24, 2.45) is 0 Å². The average molecular weight is 528 g/mol. The highest BCUT2D eigenvalue weighted by molar-refractivity contribution is 6.62. The molecule has 6 heteroatoms. The molecule has 0 unspecified atom stereocenters. The van der Waals surface area contributed by atoms with Gasteiger partial charge in [-0.25, -0.2) is 0 Å². The molecule has 0 bridgehead atoms. The lowest BCUT2D eigenvalue weighted by atomic mass is 9.66. The van der Waals surface area contributed by atoms with Crippen LogP contribution < -0.4 is 10.9 Å². The predicted octanol–water partition coefficient (Wildman–Crippen LogP) is 5.97. The fourth-order valence-electron chi connectivity index (χ4n) is 6.84. The molecule has 0 amide bonds. The summed E-state index contributed by atoms with van der Waals surface area (Å²) >= 11 is 0. The molecule has 0 heterocycles. The zero-order valence-corrected chi connectivity index (χ0v) is 24.0. The molecule has 0 atom stereocenters. The van der Waals surface area contributed by atoms with E-state index in [4.69, 9.17) is 0 Å². The summed E-state index contributed by atoms with van der Waals surface area (Å²) in [6, 6.07) is 16.0. The average Bonchev–Trinajstić information content (AvgIpc) is 3.21. The largest absolute Gasteiger partial charge is 0.489 e. The molecule has 0 saturated carbocycles. The third-order valence-electron chi connectivity index (χ3n) is 8.91. The Bertz CT molecular complexity index is 1210. The van der Waals surface area contributed by atoms with E-state index in [-0.39, 0.29) is 5.41 Å². The molecule has 3 aromatic carbocycles. The van der Waals surface area contributed by atoms with Gasteiger partial charge in [-0.15, -0.1) is 0 Å².